The van der Waals surface area contributed by atoms with E-state index in [2.05, 4.69) is 94.6 Å². The Kier molecular flexibility index (Phi) is 16.9. The number of nitrogens with one attached hydrogen (secondary N) is 1. The van der Waals surface area contributed by atoms with Crippen LogP contribution in [0.2, 0.25) is 0 Å². The van der Waals surface area contributed by atoms with E-state index in [1.807, 2.05) is 85.9 Å². The van der Waals surface area contributed by atoms with E-state index in [1.165, 1.54) is 31.4 Å². The van der Waals surface area contributed by atoms with Crippen molar-refractivity contribution >= 4 is 27.2 Å². The molecule has 1 aliphatic heterocycles. The molecule has 5 aromatic carbocycles. The van der Waals surface area contributed by atoms with Crippen LogP contribution in [0.5, 0.6) is 5.88 Å². The first-order valence-corrected chi connectivity index (χ1v) is 24.8. The monoisotopic (exact) mass is 941 g/mol. The molecule has 0 radical (unpaired) electrons. The summed E-state index contributed by atoms with van der Waals surface area (Å²) in [5, 5.41) is 17.7. The minimum atomic E-state index is -0.421. The molecule has 364 valence electrons. The van der Waals surface area contributed by atoms with Crippen molar-refractivity contribution < 1.29 is 5.11 Å². The minimum absolute atomic E-state index is 0.185. The number of aromatic hydroxyl groups is 1. The lowest BCUT2D eigenvalue weighted by Gasteiger charge is -2.23. The molecule has 0 saturated heterocycles. The third-order valence-corrected chi connectivity index (χ3v) is 13.3. The molecular formula is C58H68N8O4. The second-order valence-electron chi connectivity index (χ2n) is 19.1. The predicted molar refractivity (Wildman–Crippen MR) is 285 cm³/mol. The van der Waals surface area contributed by atoms with Crippen LogP contribution in [0.1, 0.15) is 47.9 Å². The molecule has 0 spiro atoms. The fraction of sp³-hybridized carbons (Fsp3) is 0.345. The summed E-state index contributed by atoms with van der Waals surface area (Å²) in [5.41, 5.74) is 4.85. The highest BCUT2D eigenvalue weighted by Crippen LogP contribution is 2.41. The average molecular weight is 941 g/mol. The third kappa shape index (κ3) is 12.2. The standard InChI is InChI=1S/C58H68N8O4/c1-61(39-43-21-9-5-10-22-43)31-17-29-59-49-37-47-52-51-48(56(68)65(57(69)53(49)51)35-19-33-63(3)41-45-25-13-7-14-26-45)38-50(60-30-18-32-62(2)40-44-23-11-6-12-24-44)54(52)58(70)66(55(47)67)36-20-34-64(4)42-46-27-15-8-16-28-46/h5-16,21-28,37-38,59,67H,17-20,29-36,39-42H2,1-4H3. The van der Waals surface area contributed by atoms with Crippen LogP contribution in [-0.4, -0.2) is 101 Å². The number of pyridine rings is 2. The summed E-state index contributed by atoms with van der Waals surface area (Å²) < 4.78 is 2.82. The topological polar surface area (TPSA) is 119 Å². The molecule has 1 aromatic heterocycles. The van der Waals surface area contributed by atoms with E-state index < -0.39 is 11.1 Å². The second-order valence-corrected chi connectivity index (χ2v) is 19.1. The number of rotatable bonds is 25. The van der Waals surface area contributed by atoms with Crippen molar-refractivity contribution in [1.82, 2.24) is 28.7 Å². The minimum Gasteiger partial charge on any atom is -0.494 e. The molecule has 0 unspecified atom stereocenters. The maximum Gasteiger partial charge on any atom is 0.263 e. The third-order valence-electron chi connectivity index (χ3n) is 13.3. The first kappa shape index (κ1) is 49.7. The lowest BCUT2D eigenvalue weighted by Crippen LogP contribution is -2.38. The summed E-state index contributed by atoms with van der Waals surface area (Å²) in [7, 11) is 8.28. The lowest BCUT2D eigenvalue weighted by atomic mass is 9.89. The molecule has 0 saturated carbocycles. The van der Waals surface area contributed by atoms with E-state index in [9.17, 15) is 19.5 Å². The zero-order valence-electron chi connectivity index (χ0n) is 41.3. The molecule has 2 N–H and O–H groups in total. The van der Waals surface area contributed by atoms with Gasteiger partial charge in [0.2, 0.25) is 5.88 Å². The molecule has 2 heterocycles. The van der Waals surface area contributed by atoms with E-state index in [1.54, 1.807) is 6.07 Å². The van der Waals surface area contributed by atoms with Crippen LogP contribution in [0.15, 0.2) is 153 Å². The Hall–Kier alpha value is -6.70. The Bertz CT molecular complexity index is 3130. The van der Waals surface area contributed by atoms with Crippen LogP contribution in [0.25, 0.3) is 32.7 Å². The Morgan fingerprint density at radius 2 is 0.929 bits per heavy atom. The Balaban J connectivity index is 1.17. The van der Waals surface area contributed by atoms with E-state index in [0.29, 0.717) is 82.7 Å². The number of hydrogen-bond acceptors (Lipinski definition) is 10. The highest BCUT2D eigenvalue weighted by molar-refractivity contribution is 6.18. The van der Waals surface area contributed by atoms with E-state index in [4.69, 9.17) is 4.99 Å². The molecule has 2 aliphatic rings. The molecule has 8 rings (SSSR count). The van der Waals surface area contributed by atoms with Crippen molar-refractivity contribution in [2.45, 2.75) is 65.0 Å². The summed E-state index contributed by atoms with van der Waals surface area (Å²) in [4.78, 5) is 58.8. The lowest BCUT2D eigenvalue weighted by molar-refractivity contribution is 0.308. The first-order valence-electron chi connectivity index (χ1n) is 24.8. The molecular weight excluding hydrogens is 873 g/mol. The molecule has 0 fully saturated rings. The Labute approximate surface area is 411 Å². The number of aromatic nitrogens is 2. The van der Waals surface area contributed by atoms with E-state index >= 15 is 0 Å². The summed E-state index contributed by atoms with van der Waals surface area (Å²) in [6, 6.07) is 44.7. The molecule has 1 aliphatic carbocycles. The van der Waals surface area contributed by atoms with Crippen LogP contribution in [-0.2, 0) is 39.3 Å². The van der Waals surface area contributed by atoms with Gasteiger partial charge in [0.1, 0.15) is 0 Å². The van der Waals surface area contributed by atoms with E-state index in [0.717, 1.165) is 52.1 Å². The highest BCUT2D eigenvalue weighted by Gasteiger charge is 2.29. The van der Waals surface area contributed by atoms with Gasteiger partial charge in [-0.1, -0.05) is 121 Å². The van der Waals surface area contributed by atoms with Gasteiger partial charge >= 0.3 is 0 Å². The van der Waals surface area contributed by atoms with Gasteiger partial charge in [-0.15, -0.1) is 0 Å². The van der Waals surface area contributed by atoms with Crippen LogP contribution in [0.4, 0.5) is 5.69 Å². The van der Waals surface area contributed by atoms with Gasteiger partial charge in [0.15, 0.2) is 0 Å². The van der Waals surface area contributed by atoms with Crippen LogP contribution < -0.4 is 27.4 Å². The summed E-state index contributed by atoms with van der Waals surface area (Å²) in [6.45, 7) is 7.45. The van der Waals surface area contributed by atoms with Crippen molar-refractivity contribution in [3.63, 3.8) is 0 Å². The number of nitrogens with zero attached hydrogens (tertiary/aromatic N) is 7. The maximum atomic E-state index is 15.0. The van der Waals surface area contributed by atoms with Crippen molar-refractivity contribution in [2.75, 3.05) is 72.8 Å². The van der Waals surface area contributed by atoms with Gasteiger partial charge in [-0.25, -0.2) is 0 Å². The van der Waals surface area contributed by atoms with Crippen LogP contribution >= 0.6 is 0 Å². The van der Waals surface area contributed by atoms with Gasteiger partial charge < -0.3 is 30.0 Å². The summed E-state index contributed by atoms with van der Waals surface area (Å²) >= 11 is 0. The van der Waals surface area contributed by atoms with Gasteiger partial charge in [0, 0.05) is 74.4 Å². The van der Waals surface area contributed by atoms with Crippen molar-refractivity contribution in [2.24, 2.45) is 4.99 Å². The Morgan fingerprint density at radius 1 is 0.500 bits per heavy atom. The van der Waals surface area contributed by atoms with Gasteiger partial charge in [-0.3, -0.25) is 28.5 Å². The van der Waals surface area contributed by atoms with Crippen molar-refractivity contribution in [3.05, 3.63) is 192 Å². The highest BCUT2D eigenvalue weighted by atomic mass is 16.3. The molecule has 0 bridgehead atoms. The average Bonchev–Trinajstić information content (AvgIpc) is 3.36. The second kappa shape index (κ2) is 23.7. The van der Waals surface area contributed by atoms with Crippen molar-refractivity contribution in [3.8, 4) is 17.0 Å². The summed E-state index contributed by atoms with van der Waals surface area (Å²) in [6.07, 6.45) is 2.66. The van der Waals surface area contributed by atoms with Crippen molar-refractivity contribution in [1.29, 1.82) is 0 Å². The van der Waals surface area contributed by atoms with Gasteiger partial charge in [-0.2, -0.15) is 0 Å². The number of benzene rings is 6. The fourth-order valence-corrected chi connectivity index (χ4v) is 9.83. The molecule has 0 amide bonds. The summed E-state index contributed by atoms with van der Waals surface area (Å²) in [5.74, 6) is -0.185. The Morgan fingerprint density at radius 3 is 1.41 bits per heavy atom. The maximum absolute atomic E-state index is 15.0. The number of anilines is 1. The SMILES string of the molecule is CN(CCCN=c1cc2c(=O)n(CCCN(C)Cc3ccccc3)c(=O)c3c(NCCCN(C)Cc4ccccc4)cc4c(O)n(CCCN(C)Cc5ccccc5)c(=O)c1c4c3-2)Cc1ccccc1. The smallest absolute Gasteiger partial charge is 0.263 e. The molecule has 6 aromatic rings. The van der Waals surface area contributed by atoms with Gasteiger partial charge in [0.05, 0.1) is 21.7 Å². The molecule has 0 atom stereocenters. The fourth-order valence-electron chi connectivity index (χ4n) is 9.83. The number of hydrogen-bond donors (Lipinski definition) is 2. The normalized spacial score (nSPS) is 12.3. The van der Waals surface area contributed by atoms with Crippen LogP contribution in [0, 0.1) is 0 Å². The molecule has 12 nitrogen and oxygen atoms in total. The quantitative estimate of drug-likeness (QED) is 0.0438. The predicted octanol–water partition coefficient (Wildman–Crippen LogP) is 7.76. The van der Waals surface area contributed by atoms with Gasteiger partial charge in [0.25, 0.3) is 16.7 Å². The van der Waals surface area contributed by atoms with E-state index in [-0.39, 0.29) is 24.5 Å². The van der Waals surface area contributed by atoms with Crippen LogP contribution in [0.3, 0.4) is 0 Å². The zero-order chi connectivity index (χ0) is 49.0. The first-order chi connectivity index (χ1) is 34.0. The van der Waals surface area contributed by atoms with Gasteiger partial charge in [-0.05, 0) is 114 Å². The largest absolute Gasteiger partial charge is 0.494 e. The zero-order valence-corrected chi connectivity index (χ0v) is 41.3. The molecule has 70 heavy (non-hydrogen) atoms. The molecule has 12 heteroatoms.